The first kappa shape index (κ1) is 18.1. The lowest BCUT2D eigenvalue weighted by atomic mass is 10.2. The summed E-state index contributed by atoms with van der Waals surface area (Å²) in [6.07, 6.45) is -0.774. The second-order valence-corrected chi connectivity index (χ2v) is 5.51. The largest absolute Gasteiger partial charge is 0.482 e. The fraction of sp³-hybridized carbons (Fsp3) is 0.158. The van der Waals surface area contributed by atoms with E-state index in [0.29, 0.717) is 16.9 Å². The smallest absolute Gasteiger partial charge is 0.344 e. The van der Waals surface area contributed by atoms with Gasteiger partial charge in [-0.1, -0.05) is 0 Å². The first-order valence-corrected chi connectivity index (χ1v) is 7.97. The minimum Gasteiger partial charge on any atom is -0.482 e. The minimum atomic E-state index is -0.774. The molecule has 3 rings (SSSR count). The van der Waals surface area contributed by atoms with Crippen LogP contribution in [0.15, 0.2) is 52.9 Å². The van der Waals surface area contributed by atoms with E-state index in [1.807, 2.05) is 6.07 Å². The molecule has 0 bridgehead atoms. The molecule has 0 fully saturated rings. The summed E-state index contributed by atoms with van der Waals surface area (Å²) in [7, 11) is 0. The van der Waals surface area contributed by atoms with Crippen molar-refractivity contribution in [2.45, 2.75) is 13.0 Å². The van der Waals surface area contributed by atoms with E-state index in [2.05, 4.69) is 10.2 Å². The highest BCUT2D eigenvalue weighted by atomic mass is 19.1. The van der Waals surface area contributed by atoms with Crippen molar-refractivity contribution in [1.29, 1.82) is 5.26 Å². The second-order valence-electron chi connectivity index (χ2n) is 5.51. The van der Waals surface area contributed by atoms with Gasteiger partial charge in [0.05, 0.1) is 11.6 Å². The van der Waals surface area contributed by atoms with E-state index in [1.54, 1.807) is 31.2 Å². The molecule has 0 N–H and O–H groups in total. The Hall–Kier alpha value is -3.73. The van der Waals surface area contributed by atoms with Gasteiger partial charge in [0.2, 0.25) is 5.89 Å². The number of nitrogens with zero attached hydrogens (tertiary/aromatic N) is 3. The molecule has 1 heterocycles. The fourth-order valence-electron chi connectivity index (χ4n) is 2.16. The normalized spacial score (nSPS) is 11.4. The highest BCUT2D eigenvalue weighted by Gasteiger charge is 2.19. The van der Waals surface area contributed by atoms with Gasteiger partial charge in [-0.3, -0.25) is 0 Å². The van der Waals surface area contributed by atoms with E-state index in [9.17, 15) is 9.18 Å². The van der Waals surface area contributed by atoms with Crippen molar-refractivity contribution in [2.24, 2.45) is 0 Å². The zero-order valence-electron chi connectivity index (χ0n) is 14.3. The molecule has 3 aromatic rings. The maximum absolute atomic E-state index is 13.0. The van der Waals surface area contributed by atoms with E-state index < -0.39 is 12.1 Å². The Morgan fingerprint density at radius 2 is 1.89 bits per heavy atom. The van der Waals surface area contributed by atoms with Crippen molar-refractivity contribution < 1.29 is 23.1 Å². The van der Waals surface area contributed by atoms with Crippen LogP contribution in [0.25, 0.3) is 11.5 Å². The number of rotatable bonds is 6. The summed E-state index contributed by atoms with van der Waals surface area (Å²) in [6, 6.07) is 13.9. The van der Waals surface area contributed by atoms with Crippen LogP contribution >= 0.6 is 0 Å². The molecular weight excluding hydrogens is 353 g/mol. The topological polar surface area (TPSA) is 98.2 Å². The Morgan fingerprint density at radius 1 is 1.19 bits per heavy atom. The standard InChI is InChI=1S/C19H14FN3O4/c1-12(18-22-23-19(27-18)14-4-6-15(20)7-5-14)26-17(24)11-25-16-8-2-13(10-21)3-9-16/h2-9,12H,11H2,1H3/t12-/m1/s1. The molecule has 0 saturated heterocycles. The van der Waals surface area contributed by atoms with Crippen LogP contribution in [0.2, 0.25) is 0 Å². The SMILES string of the molecule is C[C@@H](OC(=O)COc1ccc(C#N)cc1)c1nnc(-c2ccc(F)cc2)o1. The lowest BCUT2D eigenvalue weighted by Gasteiger charge is -2.10. The van der Waals surface area contributed by atoms with Crippen molar-refractivity contribution in [3.63, 3.8) is 0 Å². The molecule has 0 aliphatic heterocycles. The number of hydrogen-bond acceptors (Lipinski definition) is 7. The average molecular weight is 367 g/mol. The highest BCUT2D eigenvalue weighted by molar-refractivity contribution is 5.71. The molecule has 1 aromatic heterocycles. The molecule has 0 saturated carbocycles. The van der Waals surface area contributed by atoms with Gasteiger partial charge in [-0.05, 0) is 55.5 Å². The zero-order chi connectivity index (χ0) is 19.2. The fourth-order valence-corrected chi connectivity index (χ4v) is 2.16. The van der Waals surface area contributed by atoms with Crippen LogP contribution in [-0.2, 0) is 9.53 Å². The molecule has 136 valence electrons. The third-order valence-electron chi connectivity index (χ3n) is 3.53. The molecule has 0 unspecified atom stereocenters. The molecule has 2 aromatic carbocycles. The van der Waals surface area contributed by atoms with Gasteiger partial charge in [0.25, 0.3) is 5.89 Å². The number of carbonyl (C=O) groups is 1. The molecule has 0 radical (unpaired) electrons. The van der Waals surface area contributed by atoms with E-state index in [1.165, 1.54) is 24.3 Å². The maximum atomic E-state index is 13.0. The van der Waals surface area contributed by atoms with Gasteiger partial charge in [-0.15, -0.1) is 10.2 Å². The number of benzene rings is 2. The van der Waals surface area contributed by atoms with Crippen LogP contribution < -0.4 is 4.74 Å². The first-order chi connectivity index (χ1) is 13.0. The second kappa shape index (κ2) is 8.10. The zero-order valence-corrected chi connectivity index (χ0v) is 14.3. The lowest BCUT2D eigenvalue weighted by Crippen LogP contribution is -2.17. The van der Waals surface area contributed by atoms with E-state index in [0.717, 1.165) is 0 Å². The summed E-state index contributed by atoms with van der Waals surface area (Å²) < 4.78 is 28.9. The van der Waals surface area contributed by atoms with E-state index >= 15 is 0 Å². The van der Waals surface area contributed by atoms with Crippen LogP contribution in [0.4, 0.5) is 4.39 Å². The monoisotopic (exact) mass is 367 g/mol. The van der Waals surface area contributed by atoms with Crippen molar-refractivity contribution in [1.82, 2.24) is 10.2 Å². The third kappa shape index (κ3) is 4.67. The first-order valence-electron chi connectivity index (χ1n) is 7.97. The Balaban J connectivity index is 1.55. The summed E-state index contributed by atoms with van der Waals surface area (Å²) in [4.78, 5) is 11.9. The minimum absolute atomic E-state index is 0.112. The average Bonchev–Trinajstić information content (AvgIpc) is 3.18. The number of hydrogen-bond donors (Lipinski definition) is 0. The number of ether oxygens (including phenoxy) is 2. The van der Waals surface area contributed by atoms with Crippen LogP contribution in [0.1, 0.15) is 24.5 Å². The van der Waals surface area contributed by atoms with Crippen molar-refractivity contribution in [3.8, 4) is 23.3 Å². The Kier molecular flexibility index (Phi) is 5.42. The van der Waals surface area contributed by atoms with Gasteiger partial charge in [-0.25, -0.2) is 9.18 Å². The molecule has 8 heteroatoms. The number of esters is 1. The van der Waals surface area contributed by atoms with Gasteiger partial charge in [0.1, 0.15) is 11.6 Å². The number of aromatic nitrogens is 2. The highest BCUT2D eigenvalue weighted by Crippen LogP contribution is 2.22. The number of nitriles is 1. The number of carbonyl (C=O) groups excluding carboxylic acids is 1. The van der Waals surface area contributed by atoms with Crippen molar-refractivity contribution in [3.05, 3.63) is 65.8 Å². The molecule has 27 heavy (non-hydrogen) atoms. The maximum Gasteiger partial charge on any atom is 0.344 e. The van der Waals surface area contributed by atoms with Crippen molar-refractivity contribution in [2.75, 3.05) is 6.61 Å². The summed E-state index contributed by atoms with van der Waals surface area (Å²) in [5.74, 6) is -0.241. The van der Waals surface area contributed by atoms with Crippen LogP contribution in [0, 0.1) is 17.1 Å². The van der Waals surface area contributed by atoms with Gasteiger partial charge in [0.15, 0.2) is 12.7 Å². The van der Waals surface area contributed by atoms with Crippen LogP contribution in [-0.4, -0.2) is 22.8 Å². The van der Waals surface area contributed by atoms with Gasteiger partial charge >= 0.3 is 5.97 Å². The predicted octanol–water partition coefficient (Wildman–Crippen LogP) is 3.43. The summed E-state index contributed by atoms with van der Waals surface area (Å²) in [5, 5.41) is 16.5. The Morgan fingerprint density at radius 3 is 2.56 bits per heavy atom. The van der Waals surface area contributed by atoms with Crippen molar-refractivity contribution >= 4 is 5.97 Å². The molecule has 0 aliphatic carbocycles. The van der Waals surface area contributed by atoms with Crippen LogP contribution in [0.3, 0.4) is 0 Å². The third-order valence-corrected chi connectivity index (χ3v) is 3.53. The summed E-state index contributed by atoms with van der Waals surface area (Å²) in [5.41, 5.74) is 1.05. The Labute approximate surface area is 154 Å². The van der Waals surface area contributed by atoms with E-state index in [-0.39, 0.29) is 24.2 Å². The molecule has 1 atom stereocenters. The molecule has 0 amide bonds. The quantitative estimate of drug-likeness (QED) is 0.616. The number of halogens is 1. The van der Waals surface area contributed by atoms with Gasteiger partial charge in [0, 0.05) is 5.56 Å². The predicted molar refractivity (Wildman–Crippen MR) is 90.9 cm³/mol. The van der Waals surface area contributed by atoms with Gasteiger partial charge < -0.3 is 13.9 Å². The summed E-state index contributed by atoms with van der Waals surface area (Å²) >= 11 is 0. The molecule has 7 nitrogen and oxygen atoms in total. The Bertz CT molecular complexity index is 962. The molecular formula is C19H14FN3O4. The van der Waals surface area contributed by atoms with Gasteiger partial charge in [-0.2, -0.15) is 5.26 Å². The van der Waals surface area contributed by atoms with E-state index in [4.69, 9.17) is 19.2 Å². The van der Waals surface area contributed by atoms with Crippen LogP contribution in [0.5, 0.6) is 5.75 Å². The molecule has 0 aliphatic rings. The lowest BCUT2D eigenvalue weighted by molar-refractivity contribution is -0.152. The summed E-state index contributed by atoms with van der Waals surface area (Å²) in [6.45, 7) is 1.27. The molecule has 0 spiro atoms.